The molecule has 0 aliphatic carbocycles. The highest BCUT2D eigenvalue weighted by Gasteiger charge is 2.32. The molecule has 0 spiro atoms. The van der Waals surface area contributed by atoms with Crippen molar-refractivity contribution in [2.75, 3.05) is 25.1 Å². The van der Waals surface area contributed by atoms with Crippen LogP contribution < -0.4 is 10.2 Å². The first-order valence-electron chi connectivity index (χ1n) is 9.05. The van der Waals surface area contributed by atoms with Crippen molar-refractivity contribution >= 4 is 40.9 Å². The molecule has 3 heterocycles. The number of carboxylic acid groups (broad SMARTS) is 1. The fraction of sp³-hybridized carbons (Fsp3) is 0.421. The van der Waals surface area contributed by atoms with E-state index in [-0.39, 0.29) is 34.3 Å². The topological polar surface area (TPSA) is 108 Å². The number of aromatic amines is 1. The van der Waals surface area contributed by atoms with Gasteiger partial charge < -0.3 is 25.0 Å². The number of halogens is 2. The van der Waals surface area contributed by atoms with Gasteiger partial charge in [0, 0.05) is 31.6 Å². The van der Waals surface area contributed by atoms with Crippen LogP contribution in [0.2, 0.25) is 10.0 Å². The summed E-state index contributed by atoms with van der Waals surface area (Å²) in [6, 6.07) is 2.83. The van der Waals surface area contributed by atoms with Gasteiger partial charge in [0.1, 0.15) is 11.5 Å². The molecule has 0 radical (unpaired) electrons. The summed E-state index contributed by atoms with van der Waals surface area (Å²) in [5, 5.41) is 12.8. The predicted octanol–water partition coefficient (Wildman–Crippen LogP) is 3.06. The minimum atomic E-state index is -1.00. The lowest BCUT2D eigenvalue weighted by atomic mass is 10.0. The van der Waals surface area contributed by atoms with E-state index in [9.17, 15) is 14.7 Å². The SMILES string of the molecule is CO[C@H]1CN(c2cc(C(=O)O)cc(C)n2)CC[C@H]1NC(=O)c1[nH]c(C)c(Cl)c1Cl. The Hall–Kier alpha value is -2.29. The molecule has 0 bridgehead atoms. The van der Waals surface area contributed by atoms with E-state index in [1.807, 2.05) is 4.90 Å². The lowest BCUT2D eigenvalue weighted by Crippen LogP contribution is -2.55. The van der Waals surface area contributed by atoms with E-state index in [0.29, 0.717) is 41.7 Å². The Labute approximate surface area is 178 Å². The number of ether oxygens (including phenoxy) is 1. The summed E-state index contributed by atoms with van der Waals surface area (Å²) in [7, 11) is 1.57. The molecule has 0 saturated carbocycles. The van der Waals surface area contributed by atoms with E-state index in [1.165, 1.54) is 6.07 Å². The van der Waals surface area contributed by atoms with Crippen LogP contribution in [0, 0.1) is 13.8 Å². The second-order valence-corrected chi connectivity index (χ2v) is 7.76. The van der Waals surface area contributed by atoms with Crippen LogP contribution >= 0.6 is 23.2 Å². The van der Waals surface area contributed by atoms with Crippen LogP contribution in [0.3, 0.4) is 0 Å². The Bertz CT molecular complexity index is 947. The number of carbonyl (C=O) groups excluding carboxylic acids is 1. The van der Waals surface area contributed by atoms with Crippen LogP contribution in [0.25, 0.3) is 0 Å². The largest absolute Gasteiger partial charge is 0.478 e. The third-order valence-corrected chi connectivity index (χ3v) is 5.92. The number of carboxylic acids is 1. The number of carbonyl (C=O) groups is 2. The van der Waals surface area contributed by atoms with E-state index < -0.39 is 5.97 Å². The molecule has 0 aromatic carbocycles. The average Bonchev–Trinajstić information content (AvgIpc) is 2.95. The van der Waals surface area contributed by atoms with Crippen LogP contribution in [0.4, 0.5) is 5.82 Å². The van der Waals surface area contributed by atoms with Gasteiger partial charge in [-0.05, 0) is 32.4 Å². The third kappa shape index (κ3) is 4.49. The van der Waals surface area contributed by atoms with Gasteiger partial charge in [-0.15, -0.1) is 0 Å². The van der Waals surface area contributed by atoms with Crippen molar-refractivity contribution in [1.29, 1.82) is 0 Å². The average molecular weight is 441 g/mol. The van der Waals surface area contributed by atoms with Gasteiger partial charge in [0.2, 0.25) is 0 Å². The summed E-state index contributed by atoms with van der Waals surface area (Å²) in [6.07, 6.45) is 0.279. The van der Waals surface area contributed by atoms with E-state index in [1.54, 1.807) is 27.0 Å². The molecule has 1 saturated heterocycles. The Morgan fingerprint density at radius 1 is 1.31 bits per heavy atom. The number of H-pyrrole nitrogens is 1. The molecule has 2 atom stereocenters. The Morgan fingerprint density at radius 2 is 2.03 bits per heavy atom. The third-order valence-electron chi connectivity index (χ3n) is 4.97. The number of hydrogen-bond acceptors (Lipinski definition) is 5. The number of rotatable bonds is 5. The quantitative estimate of drug-likeness (QED) is 0.659. The first-order valence-corrected chi connectivity index (χ1v) is 9.81. The van der Waals surface area contributed by atoms with Gasteiger partial charge in [-0.3, -0.25) is 4.79 Å². The number of nitrogens with zero attached hydrogens (tertiary/aromatic N) is 2. The molecule has 10 heteroatoms. The van der Waals surface area contributed by atoms with Gasteiger partial charge in [0.15, 0.2) is 0 Å². The summed E-state index contributed by atoms with van der Waals surface area (Å²) < 4.78 is 5.59. The molecule has 3 rings (SSSR count). The zero-order valence-electron chi connectivity index (χ0n) is 16.3. The second-order valence-electron chi connectivity index (χ2n) is 7.00. The van der Waals surface area contributed by atoms with Gasteiger partial charge in [-0.2, -0.15) is 0 Å². The standard InChI is InChI=1S/C19H22Cl2N4O4/c1-9-6-11(19(27)28)7-14(22-9)25-5-4-12(13(8-25)29-3)24-18(26)17-16(21)15(20)10(2)23-17/h6-7,12-13,23H,4-5,8H2,1-3H3,(H,24,26)(H,27,28)/t12-,13+/m1/s1. The number of nitrogens with one attached hydrogen (secondary N) is 2. The van der Waals surface area contributed by atoms with Crippen molar-refractivity contribution in [1.82, 2.24) is 15.3 Å². The molecule has 156 valence electrons. The molecule has 3 N–H and O–H groups in total. The van der Waals surface area contributed by atoms with Gasteiger partial charge in [0.25, 0.3) is 5.91 Å². The Morgan fingerprint density at radius 3 is 2.62 bits per heavy atom. The molecule has 0 unspecified atom stereocenters. The zero-order chi connectivity index (χ0) is 21.3. The molecular formula is C19H22Cl2N4O4. The highest BCUT2D eigenvalue weighted by atomic mass is 35.5. The smallest absolute Gasteiger partial charge is 0.335 e. The molecule has 1 fully saturated rings. The number of aromatic nitrogens is 2. The fourth-order valence-electron chi connectivity index (χ4n) is 3.43. The highest BCUT2D eigenvalue weighted by molar-refractivity contribution is 6.44. The van der Waals surface area contributed by atoms with Crippen molar-refractivity contribution in [3.05, 3.63) is 44.8 Å². The number of aryl methyl sites for hydroxylation is 2. The van der Waals surface area contributed by atoms with Gasteiger partial charge in [-0.25, -0.2) is 9.78 Å². The maximum atomic E-state index is 12.6. The maximum Gasteiger partial charge on any atom is 0.335 e. The number of piperidine rings is 1. The zero-order valence-corrected chi connectivity index (χ0v) is 17.8. The Balaban J connectivity index is 1.74. The van der Waals surface area contributed by atoms with Crippen LogP contribution in [0.5, 0.6) is 0 Å². The van der Waals surface area contributed by atoms with Crippen LogP contribution in [-0.4, -0.2) is 59.3 Å². The normalized spacial score (nSPS) is 19.3. The van der Waals surface area contributed by atoms with Crippen LogP contribution in [0.15, 0.2) is 12.1 Å². The molecule has 1 amide bonds. The number of anilines is 1. The molecule has 8 nitrogen and oxygen atoms in total. The van der Waals surface area contributed by atoms with Crippen molar-refractivity contribution < 1.29 is 19.4 Å². The molecule has 2 aromatic heterocycles. The minimum absolute atomic E-state index is 0.186. The van der Waals surface area contributed by atoms with Crippen molar-refractivity contribution in [3.63, 3.8) is 0 Å². The second kappa shape index (κ2) is 8.61. The summed E-state index contributed by atoms with van der Waals surface area (Å²) in [5.74, 6) is -0.782. The van der Waals surface area contributed by atoms with Crippen LogP contribution in [-0.2, 0) is 4.74 Å². The highest BCUT2D eigenvalue weighted by Crippen LogP contribution is 2.29. The number of aromatic carboxylic acids is 1. The molecular weight excluding hydrogens is 419 g/mol. The molecule has 1 aliphatic heterocycles. The molecule has 2 aromatic rings. The van der Waals surface area contributed by atoms with E-state index in [4.69, 9.17) is 27.9 Å². The first-order chi connectivity index (χ1) is 13.7. The Kier molecular flexibility index (Phi) is 6.36. The number of methoxy groups -OCH3 is 1. The molecule has 29 heavy (non-hydrogen) atoms. The first kappa shape index (κ1) is 21.4. The summed E-state index contributed by atoms with van der Waals surface area (Å²) in [4.78, 5) is 33.3. The van der Waals surface area contributed by atoms with E-state index >= 15 is 0 Å². The lowest BCUT2D eigenvalue weighted by molar-refractivity contribution is 0.0538. The van der Waals surface area contributed by atoms with Gasteiger partial charge in [-0.1, -0.05) is 23.2 Å². The minimum Gasteiger partial charge on any atom is -0.478 e. The van der Waals surface area contributed by atoms with E-state index in [2.05, 4.69) is 15.3 Å². The van der Waals surface area contributed by atoms with Crippen LogP contribution in [0.1, 0.15) is 38.7 Å². The summed E-state index contributed by atoms with van der Waals surface area (Å²) >= 11 is 12.2. The van der Waals surface area contributed by atoms with Crippen molar-refractivity contribution in [2.45, 2.75) is 32.4 Å². The van der Waals surface area contributed by atoms with Crippen molar-refractivity contribution in [3.8, 4) is 0 Å². The van der Waals surface area contributed by atoms with E-state index in [0.717, 1.165) is 0 Å². The number of amides is 1. The van der Waals surface area contributed by atoms with Gasteiger partial charge in [0.05, 0.1) is 27.8 Å². The predicted molar refractivity (Wildman–Crippen MR) is 110 cm³/mol. The maximum absolute atomic E-state index is 12.6. The fourth-order valence-corrected chi connectivity index (χ4v) is 3.85. The van der Waals surface area contributed by atoms with Gasteiger partial charge >= 0.3 is 5.97 Å². The number of hydrogen-bond donors (Lipinski definition) is 3. The molecule has 1 aliphatic rings. The summed E-state index contributed by atoms with van der Waals surface area (Å²) in [6.45, 7) is 4.53. The monoisotopic (exact) mass is 440 g/mol. The number of pyridine rings is 1. The summed E-state index contributed by atoms with van der Waals surface area (Å²) in [5.41, 5.74) is 1.65. The van der Waals surface area contributed by atoms with Crippen molar-refractivity contribution in [2.24, 2.45) is 0 Å². The lowest BCUT2D eigenvalue weighted by Gasteiger charge is -2.38.